The van der Waals surface area contributed by atoms with Crippen molar-refractivity contribution in [1.29, 1.82) is 0 Å². The Kier molecular flexibility index (Phi) is 12.3. The second kappa shape index (κ2) is 14.7. The number of fused-ring (bicyclic) bond motifs is 1. The molecule has 12 heteroatoms. The molecule has 0 saturated heterocycles. The van der Waals surface area contributed by atoms with Crippen molar-refractivity contribution in [1.82, 2.24) is 15.1 Å². The van der Waals surface area contributed by atoms with E-state index in [4.69, 9.17) is 9.47 Å². The summed E-state index contributed by atoms with van der Waals surface area (Å²) in [5, 5.41) is 12.9. The van der Waals surface area contributed by atoms with Crippen LogP contribution in [0.5, 0.6) is 5.75 Å². The molecular formula is C27H46N4O7S. The number of amides is 3. The number of anilines is 1. The number of nitrogens with one attached hydrogen (secondary N) is 2. The molecule has 11 nitrogen and oxygen atoms in total. The lowest BCUT2D eigenvalue weighted by Gasteiger charge is -2.36. The number of carbonyl (C=O) groups excluding carboxylic acids is 2. The molecule has 1 aliphatic heterocycles. The fourth-order valence-corrected chi connectivity index (χ4v) is 4.93. The van der Waals surface area contributed by atoms with Crippen molar-refractivity contribution in [3.63, 3.8) is 0 Å². The van der Waals surface area contributed by atoms with E-state index in [9.17, 15) is 23.1 Å². The third kappa shape index (κ3) is 10.5. The van der Waals surface area contributed by atoms with Gasteiger partial charge in [-0.2, -0.15) is 0 Å². The minimum absolute atomic E-state index is 0.00726. The van der Waals surface area contributed by atoms with Gasteiger partial charge in [0.2, 0.25) is 10.0 Å². The van der Waals surface area contributed by atoms with Crippen molar-refractivity contribution >= 4 is 27.6 Å². The van der Waals surface area contributed by atoms with Gasteiger partial charge in [0.1, 0.15) is 5.75 Å². The first-order chi connectivity index (χ1) is 18.2. The molecule has 0 aliphatic carbocycles. The lowest BCUT2D eigenvalue weighted by molar-refractivity contribution is -0.0122. The zero-order chi connectivity index (χ0) is 29.3. The van der Waals surface area contributed by atoms with Gasteiger partial charge in [-0.3, -0.25) is 9.52 Å². The second-order valence-corrected chi connectivity index (χ2v) is 12.6. The summed E-state index contributed by atoms with van der Waals surface area (Å²) in [4.78, 5) is 29.7. The fourth-order valence-electron chi connectivity index (χ4n) is 4.37. The highest BCUT2D eigenvalue weighted by Crippen LogP contribution is 2.28. The number of aliphatic hydroxyl groups is 1. The molecule has 0 aromatic heterocycles. The van der Waals surface area contributed by atoms with Gasteiger partial charge in [0, 0.05) is 44.4 Å². The number of likely N-dealkylation sites (N-methyl/N-ethyl adjacent to an activating group) is 1. The molecule has 1 aliphatic rings. The van der Waals surface area contributed by atoms with Crippen LogP contribution in [0.3, 0.4) is 0 Å². The van der Waals surface area contributed by atoms with Gasteiger partial charge in [-0.05, 0) is 65.2 Å². The summed E-state index contributed by atoms with van der Waals surface area (Å²) in [5.74, 6) is -0.241. The summed E-state index contributed by atoms with van der Waals surface area (Å²) in [7, 11) is -1.86. The Bertz CT molecular complexity index is 1070. The van der Waals surface area contributed by atoms with Gasteiger partial charge in [0.25, 0.3) is 5.91 Å². The van der Waals surface area contributed by atoms with Crippen LogP contribution in [0, 0.1) is 5.92 Å². The standard InChI is InChI=1S/C27H46N4O7S/c1-18(2)28-27(34)30(6)16-25-19(3)15-31(20(4)17-32)26(33)23-14-22(29-39(7,35)36)11-12-24(23)38-21(5)10-8-9-13-37-25/h11-12,14,18-21,25,29,32H,8-10,13,15-17H2,1-7H3,(H,28,34)/t19-,20-,21-,25-/m0/s1. The quantitative estimate of drug-likeness (QED) is 0.458. The number of rotatable bonds is 7. The Morgan fingerprint density at radius 3 is 2.54 bits per heavy atom. The van der Waals surface area contributed by atoms with Gasteiger partial charge in [-0.1, -0.05) is 6.92 Å². The summed E-state index contributed by atoms with van der Waals surface area (Å²) in [6.07, 6.45) is 2.87. The van der Waals surface area contributed by atoms with Crippen LogP contribution in [-0.2, 0) is 14.8 Å². The normalized spacial score (nSPS) is 22.3. The largest absolute Gasteiger partial charge is 0.490 e. The van der Waals surface area contributed by atoms with E-state index < -0.39 is 22.0 Å². The van der Waals surface area contributed by atoms with E-state index in [2.05, 4.69) is 10.0 Å². The average molecular weight is 571 g/mol. The maximum Gasteiger partial charge on any atom is 0.317 e. The third-order valence-corrected chi connectivity index (χ3v) is 7.17. The minimum Gasteiger partial charge on any atom is -0.490 e. The molecule has 0 bridgehead atoms. The molecule has 0 spiro atoms. The van der Waals surface area contributed by atoms with Crippen molar-refractivity contribution in [2.75, 3.05) is 44.3 Å². The van der Waals surface area contributed by atoms with Crippen molar-refractivity contribution in [2.45, 2.75) is 78.2 Å². The number of hydrogen-bond acceptors (Lipinski definition) is 7. The second-order valence-electron chi connectivity index (χ2n) is 10.9. The van der Waals surface area contributed by atoms with Crippen LogP contribution < -0.4 is 14.8 Å². The summed E-state index contributed by atoms with van der Waals surface area (Å²) in [5.41, 5.74) is 0.441. The zero-order valence-electron chi connectivity index (χ0n) is 24.3. The molecule has 0 saturated carbocycles. The summed E-state index contributed by atoms with van der Waals surface area (Å²) in [6.45, 7) is 10.2. The highest BCUT2D eigenvalue weighted by Gasteiger charge is 2.31. The number of hydrogen-bond donors (Lipinski definition) is 3. The number of benzene rings is 1. The molecule has 0 unspecified atom stereocenters. The van der Waals surface area contributed by atoms with Gasteiger partial charge in [-0.15, -0.1) is 0 Å². The molecule has 0 radical (unpaired) electrons. The highest BCUT2D eigenvalue weighted by molar-refractivity contribution is 7.92. The highest BCUT2D eigenvalue weighted by atomic mass is 32.2. The first-order valence-corrected chi connectivity index (χ1v) is 15.4. The molecule has 1 aromatic carbocycles. The number of ether oxygens (including phenoxy) is 2. The SMILES string of the molecule is CC(C)NC(=O)N(C)C[C@@H]1OCCCC[C@H](C)Oc2ccc(NS(C)(=O)=O)cc2C(=O)N([C@@H](C)CO)C[C@@H]1C. The van der Waals surface area contributed by atoms with E-state index in [0.717, 1.165) is 25.5 Å². The van der Waals surface area contributed by atoms with Crippen LogP contribution in [0.4, 0.5) is 10.5 Å². The summed E-state index contributed by atoms with van der Waals surface area (Å²) in [6, 6.07) is 3.88. The number of sulfonamides is 1. The maximum absolute atomic E-state index is 14.0. The lowest BCUT2D eigenvalue weighted by Crippen LogP contribution is -2.49. The lowest BCUT2D eigenvalue weighted by atomic mass is 10.0. The van der Waals surface area contributed by atoms with E-state index in [0.29, 0.717) is 18.9 Å². The molecule has 39 heavy (non-hydrogen) atoms. The van der Waals surface area contributed by atoms with Crippen molar-refractivity contribution in [3.05, 3.63) is 23.8 Å². The monoisotopic (exact) mass is 570 g/mol. The van der Waals surface area contributed by atoms with Crippen LogP contribution in [0.2, 0.25) is 0 Å². The predicted octanol–water partition coefficient (Wildman–Crippen LogP) is 2.90. The Hall–Kier alpha value is -2.57. The number of urea groups is 1. The molecule has 0 fully saturated rings. The number of carbonyl (C=O) groups is 2. The molecular weight excluding hydrogens is 524 g/mol. The van der Waals surface area contributed by atoms with Crippen molar-refractivity contribution < 1.29 is 32.6 Å². The van der Waals surface area contributed by atoms with E-state index in [1.165, 1.54) is 6.07 Å². The van der Waals surface area contributed by atoms with Crippen LogP contribution >= 0.6 is 0 Å². The molecule has 3 N–H and O–H groups in total. The Morgan fingerprint density at radius 2 is 1.92 bits per heavy atom. The van der Waals surface area contributed by atoms with Crippen LogP contribution in [-0.4, -0.2) is 99.2 Å². The van der Waals surface area contributed by atoms with Gasteiger partial charge in [0.15, 0.2) is 0 Å². The fraction of sp³-hybridized carbons (Fsp3) is 0.704. The molecule has 222 valence electrons. The van der Waals surface area contributed by atoms with Crippen molar-refractivity contribution in [2.24, 2.45) is 5.92 Å². The third-order valence-electron chi connectivity index (χ3n) is 6.57. The Balaban J connectivity index is 2.46. The molecule has 1 aromatic rings. The van der Waals surface area contributed by atoms with Crippen LogP contribution in [0.25, 0.3) is 0 Å². The van der Waals surface area contributed by atoms with Gasteiger partial charge >= 0.3 is 6.03 Å². The van der Waals surface area contributed by atoms with E-state index in [1.54, 1.807) is 35.9 Å². The zero-order valence-corrected chi connectivity index (χ0v) is 25.1. The topological polar surface area (TPSA) is 138 Å². The first kappa shape index (κ1) is 32.6. The molecule has 4 atom stereocenters. The van der Waals surface area contributed by atoms with E-state index >= 15 is 0 Å². The molecule has 1 heterocycles. The number of aliphatic hydroxyl groups excluding tert-OH is 1. The van der Waals surface area contributed by atoms with E-state index in [-0.39, 0.29) is 54.6 Å². The number of nitrogens with zero attached hydrogens (tertiary/aromatic N) is 2. The first-order valence-electron chi connectivity index (χ1n) is 13.5. The van der Waals surface area contributed by atoms with Gasteiger partial charge in [0.05, 0.1) is 36.7 Å². The average Bonchev–Trinajstić information content (AvgIpc) is 2.84. The molecule has 2 rings (SSSR count). The Morgan fingerprint density at radius 1 is 1.23 bits per heavy atom. The Labute approximate surface area is 233 Å². The van der Waals surface area contributed by atoms with Crippen LogP contribution in [0.1, 0.15) is 64.2 Å². The molecule has 3 amide bonds. The van der Waals surface area contributed by atoms with Gasteiger partial charge < -0.3 is 29.7 Å². The summed E-state index contributed by atoms with van der Waals surface area (Å²) < 4.78 is 38.5. The van der Waals surface area contributed by atoms with Crippen LogP contribution in [0.15, 0.2) is 18.2 Å². The predicted molar refractivity (Wildman–Crippen MR) is 152 cm³/mol. The van der Waals surface area contributed by atoms with Crippen molar-refractivity contribution in [3.8, 4) is 5.75 Å². The summed E-state index contributed by atoms with van der Waals surface area (Å²) >= 11 is 0. The minimum atomic E-state index is -3.57. The smallest absolute Gasteiger partial charge is 0.317 e. The van der Waals surface area contributed by atoms with Gasteiger partial charge in [-0.25, -0.2) is 13.2 Å². The maximum atomic E-state index is 14.0. The van der Waals surface area contributed by atoms with E-state index in [1.807, 2.05) is 27.7 Å².